The Morgan fingerprint density at radius 2 is 1.50 bits per heavy atom. The average molecular weight is 270 g/mol. The van der Waals surface area contributed by atoms with Gasteiger partial charge in [-0.05, 0) is 30.2 Å². The summed E-state index contributed by atoms with van der Waals surface area (Å²) in [6.45, 7) is -0.299. The zero-order valence-electron chi connectivity index (χ0n) is 9.62. The van der Waals surface area contributed by atoms with Gasteiger partial charge in [-0.1, -0.05) is 13.3 Å². The van der Waals surface area contributed by atoms with E-state index >= 15 is 0 Å². The van der Waals surface area contributed by atoms with E-state index in [2.05, 4.69) is 0 Å². The number of hydrogen-bond donors (Lipinski definition) is 0. The SMILES string of the molecule is CCCc1cc(C(F)(F)F)cc(C(F)(F)CF)c1. The van der Waals surface area contributed by atoms with E-state index in [0.717, 1.165) is 12.1 Å². The van der Waals surface area contributed by atoms with E-state index < -0.39 is 29.9 Å². The van der Waals surface area contributed by atoms with E-state index in [1.54, 1.807) is 6.92 Å². The lowest BCUT2D eigenvalue weighted by molar-refractivity contribution is -0.137. The summed E-state index contributed by atoms with van der Waals surface area (Å²) in [6, 6.07) is 2.05. The Morgan fingerprint density at radius 3 is 1.94 bits per heavy atom. The van der Waals surface area contributed by atoms with Crippen LogP contribution in [0.1, 0.15) is 30.0 Å². The van der Waals surface area contributed by atoms with Gasteiger partial charge in [0, 0.05) is 5.56 Å². The van der Waals surface area contributed by atoms with Crippen LogP contribution in [0, 0.1) is 0 Å². The molecule has 1 rings (SSSR count). The van der Waals surface area contributed by atoms with Gasteiger partial charge in [-0.25, -0.2) is 4.39 Å². The number of halogens is 6. The number of aryl methyl sites for hydroxylation is 1. The molecule has 0 unspecified atom stereocenters. The van der Waals surface area contributed by atoms with E-state index in [-0.39, 0.29) is 12.0 Å². The molecule has 0 saturated carbocycles. The van der Waals surface area contributed by atoms with Crippen molar-refractivity contribution in [1.82, 2.24) is 0 Å². The van der Waals surface area contributed by atoms with Gasteiger partial charge in [0.05, 0.1) is 5.56 Å². The highest BCUT2D eigenvalue weighted by Crippen LogP contribution is 2.36. The number of benzene rings is 1. The number of hydrogen-bond acceptors (Lipinski definition) is 0. The molecular weight excluding hydrogens is 258 g/mol. The first-order valence-electron chi connectivity index (χ1n) is 5.36. The van der Waals surface area contributed by atoms with Gasteiger partial charge in [0.25, 0.3) is 0 Å². The second-order valence-electron chi connectivity index (χ2n) is 4.00. The predicted molar refractivity (Wildman–Crippen MR) is 55.3 cm³/mol. The summed E-state index contributed by atoms with van der Waals surface area (Å²) in [5, 5.41) is 0. The fourth-order valence-electron chi connectivity index (χ4n) is 1.58. The lowest BCUT2D eigenvalue weighted by Gasteiger charge is -2.17. The molecule has 1 aromatic carbocycles. The molecular formula is C12H12F6. The van der Waals surface area contributed by atoms with Crippen molar-refractivity contribution in [2.45, 2.75) is 31.9 Å². The lowest BCUT2D eigenvalue weighted by atomic mass is 9.99. The van der Waals surface area contributed by atoms with Crippen LogP contribution in [-0.4, -0.2) is 6.67 Å². The van der Waals surface area contributed by atoms with Gasteiger partial charge in [-0.15, -0.1) is 0 Å². The van der Waals surface area contributed by atoms with Crippen LogP contribution in [0.4, 0.5) is 26.3 Å². The third kappa shape index (κ3) is 3.40. The maximum absolute atomic E-state index is 13.1. The Bertz CT molecular complexity index is 408. The molecule has 0 atom stereocenters. The van der Waals surface area contributed by atoms with Gasteiger partial charge < -0.3 is 0 Å². The molecule has 18 heavy (non-hydrogen) atoms. The quantitative estimate of drug-likeness (QED) is 0.694. The zero-order valence-corrected chi connectivity index (χ0v) is 9.62. The van der Waals surface area contributed by atoms with Crippen LogP contribution in [0.5, 0.6) is 0 Å². The van der Waals surface area contributed by atoms with Crippen molar-refractivity contribution in [2.24, 2.45) is 0 Å². The van der Waals surface area contributed by atoms with E-state index in [9.17, 15) is 26.3 Å². The molecule has 0 saturated heterocycles. The fourth-order valence-corrected chi connectivity index (χ4v) is 1.58. The van der Waals surface area contributed by atoms with Gasteiger partial charge in [0.2, 0.25) is 0 Å². The van der Waals surface area contributed by atoms with Gasteiger partial charge in [0.15, 0.2) is 6.67 Å². The van der Waals surface area contributed by atoms with Crippen molar-refractivity contribution in [3.05, 3.63) is 34.9 Å². The maximum Gasteiger partial charge on any atom is 0.416 e. The topological polar surface area (TPSA) is 0 Å². The first kappa shape index (κ1) is 14.9. The third-order valence-electron chi connectivity index (χ3n) is 2.45. The van der Waals surface area contributed by atoms with Crippen molar-refractivity contribution in [3.8, 4) is 0 Å². The number of rotatable bonds is 4. The Balaban J connectivity index is 3.31. The summed E-state index contributed by atoms with van der Waals surface area (Å²) in [5.74, 6) is -3.89. The maximum atomic E-state index is 13.1. The van der Waals surface area contributed by atoms with Gasteiger partial charge >= 0.3 is 12.1 Å². The average Bonchev–Trinajstić information content (AvgIpc) is 2.28. The summed E-state index contributed by atoms with van der Waals surface area (Å²) >= 11 is 0. The molecule has 0 aliphatic heterocycles. The minimum atomic E-state index is -4.72. The molecule has 0 radical (unpaired) electrons. The minimum Gasteiger partial charge on any atom is -0.244 e. The molecule has 0 aliphatic rings. The molecule has 0 fully saturated rings. The smallest absolute Gasteiger partial charge is 0.244 e. The second-order valence-corrected chi connectivity index (χ2v) is 4.00. The molecule has 0 bridgehead atoms. The number of alkyl halides is 6. The normalized spacial score (nSPS) is 12.8. The molecule has 0 nitrogen and oxygen atoms in total. The highest BCUT2D eigenvalue weighted by Gasteiger charge is 2.36. The summed E-state index contributed by atoms with van der Waals surface area (Å²) in [6.07, 6.45) is -3.97. The molecule has 102 valence electrons. The fraction of sp³-hybridized carbons (Fsp3) is 0.500. The van der Waals surface area contributed by atoms with Crippen molar-refractivity contribution >= 4 is 0 Å². The van der Waals surface area contributed by atoms with Crippen LogP contribution in [0.3, 0.4) is 0 Å². The van der Waals surface area contributed by atoms with Crippen molar-refractivity contribution in [3.63, 3.8) is 0 Å². The standard InChI is InChI=1S/C12H12F6/c1-2-3-8-4-9(11(14,15)7-13)6-10(5-8)12(16,17)18/h4-6H,2-3,7H2,1H3. The molecule has 0 amide bonds. The first-order valence-corrected chi connectivity index (χ1v) is 5.36. The Labute approximate surface area is 101 Å². The van der Waals surface area contributed by atoms with E-state index in [1.807, 2.05) is 0 Å². The van der Waals surface area contributed by atoms with E-state index in [0.29, 0.717) is 12.5 Å². The molecule has 0 aliphatic carbocycles. The largest absolute Gasteiger partial charge is 0.416 e. The van der Waals surface area contributed by atoms with Crippen molar-refractivity contribution < 1.29 is 26.3 Å². The predicted octanol–water partition coefficient (Wildman–Crippen LogP) is 4.72. The Kier molecular flexibility index (Phi) is 4.29. The monoisotopic (exact) mass is 270 g/mol. The van der Waals surface area contributed by atoms with Gasteiger partial charge in [0.1, 0.15) is 0 Å². The summed E-state index contributed by atoms with van der Waals surface area (Å²) in [4.78, 5) is 0. The lowest BCUT2D eigenvalue weighted by Crippen LogP contribution is -2.18. The highest BCUT2D eigenvalue weighted by molar-refractivity contribution is 5.34. The molecule has 0 spiro atoms. The second kappa shape index (κ2) is 5.20. The summed E-state index contributed by atoms with van der Waals surface area (Å²) < 4.78 is 76.1. The molecule has 6 heteroatoms. The van der Waals surface area contributed by atoms with Crippen molar-refractivity contribution in [2.75, 3.05) is 6.67 Å². The van der Waals surface area contributed by atoms with Gasteiger partial charge in [-0.2, -0.15) is 22.0 Å². The Morgan fingerprint density at radius 1 is 0.944 bits per heavy atom. The molecule has 0 N–H and O–H groups in total. The summed E-state index contributed by atoms with van der Waals surface area (Å²) in [5.41, 5.74) is -1.96. The first-order chi connectivity index (χ1) is 8.20. The summed E-state index contributed by atoms with van der Waals surface area (Å²) in [7, 11) is 0. The third-order valence-corrected chi connectivity index (χ3v) is 2.45. The molecule has 0 aromatic heterocycles. The van der Waals surface area contributed by atoms with Crippen LogP contribution in [-0.2, 0) is 18.5 Å². The van der Waals surface area contributed by atoms with Crippen molar-refractivity contribution in [1.29, 1.82) is 0 Å². The van der Waals surface area contributed by atoms with Crippen LogP contribution in [0.15, 0.2) is 18.2 Å². The van der Waals surface area contributed by atoms with Crippen LogP contribution < -0.4 is 0 Å². The van der Waals surface area contributed by atoms with Gasteiger partial charge in [-0.3, -0.25) is 0 Å². The molecule has 0 heterocycles. The van der Waals surface area contributed by atoms with E-state index in [4.69, 9.17) is 0 Å². The van der Waals surface area contributed by atoms with E-state index in [1.165, 1.54) is 0 Å². The highest BCUT2D eigenvalue weighted by atomic mass is 19.4. The molecule has 1 aromatic rings. The zero-order chi connectivity index (χ0) is 14.0. The van der Waals surface area contributed by atoms with Crippen LogP contribution in [0.25, 0.3) is 0 Å². The van der Waals surface area contributed by atoms with Crippen LogP contribution >= 0.6 is 0 Å². The van der Waals surface area contributed by atoms with Crippen LogP contribution in [0.2, 0.25) is 0 Å². The minimum absolute atomic E-state index is 0.135. The Hall–Kier alpha value is -1.20.